The summed E-state index contributed by atoms with van der Waals surface area (Å²) in [7, 11) is 0. The maximum absolute atomic E-state index is 11.8. The molecule has 5 heteroatoms. The summed E-state index contributed by atoms with van der Waals surface area (Å²) < 4.78 is 5.19. The van der Waals surface area contributed by atoms with Gasteiger partial charge in [-0.15, -0.1) is 0 Å². The molecular formula is C12H9NO4. The zero-order valence-corrected chi connectivity index (χ0v) is 9.04. The van der Waals surface area contributed by atoms with E-state index < -0.39 is 11.7 Å². The van der Waals surface area contributed by atoms with Gasteiger partial charge in [0.1, 0.15) is 5.58 Å². The van der Waals surface area contributed by atoms with Gasteiger partial charge in [0.25, 0.3) is 0 Å². The zero-order valence-electron chi connectivity index (χ0n) is 9.04. The first-order valence-electron chi connectivity index (χ1n) is 5.20. The fourth-order valence-corrected chi connectivity index (χ4v) is 2.06. The second kappa shape index (κ2) is 3.35. The average molecular weight is 231 g/mol. The van der Waals surface area contributed by atoms with Crippen LogP contribution in [0, 0.1) is 5.21 Å². The predicted octanol–water partition coefficient (Wildman–Crippen LogP) is 1.73. The summed E-state index contributed by atoms with van der Waals surface area (Å²) in [4.78, 5) is 17.1. The third-order valence-electron chi connectivity index (χ3n) is 2.79. The number of rotatable bonds is 0. The molecule has 0 saturated carbocycles. The van der Waals surface area contributed by atoms with Crippen molar-refractivity contribution in [3.8, 4) is 0 Å². The lowest BCUT2D eigenvalue weighted by atomic mass is 10.0. The molecular weight excluding hydrogens is 222 g/mol. The van der Waals surface area contributed by atoms with Gasteiger partial charge < -0.3 is 9.25 Å². The maximum Gasteiger partial charge on any atom is 0.341 e. The molecule has 0 spiro atoms. The molecule has 1 aromatic carbocycles. The molecule has 0 aliphatic carbocycles. The molecule has 1 aliphatic rings. The van der Waals surface area contributed by atoms with E-state index in [1.807, 2.05) is 6.07 Å². The molecule has 1 aromatic heterocycles. The summed E-state index contributed by atoms with van der Waals surface area (Å²) in [6.07, 6.45) is 0.655. The van der Waals surface area contributed by atoms with Crippen LogP contribution in [-0.2, 0) is 4.84 Å². The number of para-hydroxylation sites is 1. The fraction of sp³-hybridized carbons (Fsp3) is 0.167. The highest BCUT2D eigenvalue weighted by Crippen LogP contribution is 2.26. The summed E-state index contributed by atoms with van der Waals surface area (Å²) in [5, 5.41) is 12.0. The predicted molar refractivity (Wildman–Crippen MR) is 60.8 cm³/mol. The Kier molecular flexibility index (Phi) is 1.95. The first-order chi connectivity index (χ1) is 8.16. The average Bonchev–Trinajstić information content (AvgIpc) is 2.28. The van der Waals surface area contributed by atoms with Crippen molar-refractivity contribution < 1.29 is 14.2 Å². The minimum absolute atomic E-state index is 0.374. The van der Waals surface area contributed by atoms with E-state index in [0.717, 1.165) is 5.39 Å². The molecule has 86 valence electrons. The molecule has 17 heavy (non-hydrogen) atoms. The van der Waals surface area contributed by atoms with Crippen molar-refractivity contribution in [1.82, 2.24) is 0 Å². The Labute approximate surface area is 96.1 Å². The molecule has 0 radical (unpaired) electrons. The van der Waals surface area contributed by atoms with Gasteiger partial charge in [-0.3, -0.25) is 5.21 Å². The Morgan fingerprint density at radius 2 is 2.12 bits per heavy atom. The lowest BCUT2D eigenvalue weighted by Gasteiger charge is -2.20. The molecule has 5 nitrogen and oxygen atoms in total. The third-order valence-corrected chi connectivity index (χ3v) is 2.79. The normalized spacial score (nSPS) is 18.4. The van der Waals surface area contributed by atoms with Crippen molar-refractivity contribution in [2.45, 2.75) is 13.0 Å². The van der Waals surface area contributed by atoms with Crippen LogP contribution >= 0.6 is 0 Å². The Morgan fingerprint density at radius 3 is 2.94 bits per heavy atom. The summed E-state index contributed by atoms with van der Waals surface area (Å²) in [5.41, 5.74) is 0.965. The topological polar surface area (TPSA) is 65.5 Å². The van der Waals surface area contributed by atoms with E-state index in [-0.39, 0.29) is 0 Å². The monoisotopic (exact) mass is 231 g/mol. The molecule has 1 aliphatic heterocycles. The van der Waals surface area contributed by atoms with Gasteiger partial charge in [0.2, 0.25) is 6.21 Å². The number of fused-ring (bicyclic) bond motifs is 3. The van der Waals surface area contributed by atoms with Gasteiger partial charge in [-0.1, -0.05) is 18.2 Å². The highest BCUT2D eigenvalue weighted by molar-refractivity contribution is 5.97. The number of benzene rings is 1. The molecule has 2 aromatic rings. The van der Waals surface area contributed by atoms with Crippen LogP contribution in [0.15, 0.2) is 33.5 Å². The van der Waals surface area contributed by atoms with Gasteiger partial charge in [0, 0.05) is 10.3 Å². The molecule has 0 N–H and O–H groups in total. The highest BCUT2D eigenvalue weighted by Gasteiger charge is 2.25. The van der Waals surface area contributed by atoms with Crippen molar-refractivity contribution in [3.63, 3.8) is 0 Å². The number of nitrogens with zero attached hydrogens (tertiary/aromatic N) is 1. The fourth-order valence-electron chi connectivity index (χ4n) is 2.06. The molecule has 0 bridgehead atoms. The molecule has 1 atom stereocenters. The van der Waals surface area contributed by atoms with Crippen LogP contribution in [0.3, 0.4) is 0 Å². The maximum atomic E-state index is 11.8. The number of hydrogen-bond donors (Lipinski definition) is 0. The van der Waals surface area contributed by atoms with Crippen molar-refractivity contribution in [3.05, 3.63) is 51.0 Å². The number of hydrogen-bond acceptors (Lipinski definition) is 4. The SMILES string of the molecule is CC1O[N+]([O-])=Cc2c1c(=O)oc1ccccc21. The van der Waals surface area contributed by atoms with Gasteiger partial charge >= 0.3 is 5.63 Å². The zero-order chi connectivity index (χ0) is 12.0. The van der Waals surface area contributed by atoms with Crippen LogP contribution in [0.5, 0.6) is 0 Å². The Hall–Kier alpha value is -2.30. The Bertz CT molecular complexity index is 686. The Balaban J connectivity index is 2.49. The highest BCUT2D eigenvalue weighted by atomic mass is 16.9. The summed E-state index contributed by atoms with van der Waals surface area (Å²) >= 11 is 0. The van der Waals surface area contributed by atoms with E-state index in [9.17, 15) is 10.0 Å². The lowest BCUT2D eigenvalue weighted by Crippen LogP contribution is -2.25. The minimum Gasteiger partial charge on any atom is -0.422 e. The van der Waals surface area contributed by atoms with Gasteiger partial charge in [-0.2, -0.15) is 0 Å². The molecule has 0 fully saturated rings. The van der Waals surface area contributed by atoms with Crippen molar-refractivity contribution >= 4 is 17.2 Å². The first-order valence-corrected chi connectivity index (χ1v) is 5.20. The van der Waals surface area contributed by atoms with E-state index in [1.165, 1.54) is 6.21 Å². The minimum atomic E-state index is -0.603. The molecule has 2 heterocycles. The molecule has 1 unspecified atom stereocenters. The quantitative estimate of drug-likeness (QED) is 0.511. The standard InChI is InChI=1S/C12H9NO4/c1-7-11-9(6-13(15)17-7)8-4-2-3-5-10(8)16-12(11)14/h2-7H,1H3. The summed E-state index contributed by atoms with van der Waals surface area (Å²) in [6.45, 7) is 1.64. The van der Waals surface area contributed by atoms with E-state index >= 15 is 0 Å². The van der Waals surface area contributed by atoms with Crippen molar-refractivity contribution in [2.75, 3.05) is 0 Å². The Morgan fingerprint density at radius 1 is 1.35 bits per heavy atom. The summed E-state index contributed by atoms with van der Waals surface area (Å²) in [6, 6.07) is 7.10. The van der Waals surface area contributed by atoms with Gasteiger partial charge in [0.15, 0.2) is 0 Å². The smallest absolute Gasteiger partial charge is 0.341 e. The molecule has 3 rings (SSSR count). The van der Waals surface area contributed by atoms with Crippen molar-refractivity contribution in [2.24, 2.45) is 0 Å². The van der Waals surface area contributed by atoms with E-state index in [4.69, 9.17) is 9.25 Å². The first kappa shape index (κ1) is 9.89. The van der Waals surface area contributed by atoms with Crippen LogP contribution in [0.4, 0.5) is 0 Å². The van der Waals surface area contributed by atoms with Crippen LogP contribution < -0.4 is 5.63 Å². The van der Waals surface area contributed by atoms with Gasteiger partial charge in [0.05, 0.1) is 17.2 Å². The largest absolute Gasteiger partial charge is 0.422 e. The lowest BCUT2D eigenvalue weighted by molar-refractivity contribution is -0.753. The van der Waals surface area contributed by atoms with Gasteiger partial charge in [-0.25, -0.2) is 4.79 Å². The second-order valence-electron chi connectivity index (χ2n) is 3.88. The van der Waals surface area contributed by atoms with Crippen LogP contribution in [0.25, 0.3) is 11.0 Å². The van der Waals surface area contributed by atoms with Crippen molar-refractivity contribution in [1.29, 1.82) is 0 Å². The van der Waals surface area contributed by atoms with E-state index in [1.54, 1.807) is 25.1 Å². The molecule has 0 amide bonds. The molecule has 0 saturated heterocycles. The van der Waals surface area contributed by atoms with Crippen LogP contribution in [-0.4, -0.2) is 11.1 Å². The van der Waals surface area contributed by atoms with E-state index in [2.05, 4.69) is 0 Å². The van der Waals surface area contributed by atoms with Crippen LogP contribution in [0.2, 0.25) is 0 Å². The summed E-state index contributed by atoms with van der Waals surface area (Å²) in [5.74, 6) is 0. The van der Waals surface area contributed by atoms with Gasteiger partial charge in [-0.05, 0) is 13.0 Å². The second-order valence-corrected chi connectivity index (χ2v) is 3.88. The van der Waals surface area contributed by atoms with Crippen LogP contribution in [0.1, 0.15) is 24.2 Å². The third kappa shape index (κ3) is 1.39. The van der Waals surface area contributed by atoms with E-state index in [0.29, 0.717) is 21.6 Å².